The van der Waals surface area contributed by atoms with E-state index >= 15 is 0 Å². The van der Waals surface area contributed by atoms with Crippen LogP contribution in [0.5, 0.6) is 0 Å². The summed E-state index contributed by atoms with van der Waals surface area (Å²) in [5.41, 5.74) is 2.43. The average Bonchev–Trinajstić information content (AvgIpc) is 2.40. The van der Waals surface area contributed by atoms with Crippen molar-refractivity contribution in [3.05, 3.63) is 35.4 Å². The summed E-state index contributed by atoms with van der Waals surface area (Å²) in [4.78, 5) is 27.6. The molecule has 1 saturated heterocycles. The molecule has 1 fully saturated rings. The third-order valence-corrected chi connectivity index (χ3v) is 4.48. The summed E-state index contributed by atoms with van der Waals surface area (Å²) in [6.07, 6.45) is 0. The highest BCUT2D eigenvalue weighted by molar-refractivity contribution is 5.86. The fourth-order valence-corrected chi connectivity index (χ4v) is 3.42. The van der Waals surface area contributed by atoms with Gasteiger partial charge in [-0.2, -0.15) is 0 Å². The van der Waals surface area contributed by atoms with Crippen molar-refractivity contribution in [1.29, 1.82) is 0 Å². The van der Waals surface area contributed by atoms with Gasteiger partial charge in [0.15, 0.2) is 0 Å². The molecule has 2 heterocycles. The number of carbonyl (C=O) groups is 2. The van der Waals surface area contributed by atoms with Crippen LogP contribution in [0.1, 0.15) is 37.9 Å². The molecule has 1 aromatic carbocycles. The number of benzene rings is 1. The van der Waals surface area contributed by atoms with E-state index in [0.29, 0.717) is 6.54 Å². The van der Waals surface area contributed by atoms with Gasteiger partial charge in [0.25, 0.3) is 0 Å². The molecule has 0 N–H and O–H groups in total. The highest BCUT2D eigenvalue weighted by atomic mass is 16.2. The van der Waals surface area contributed by atoms with Gasteiger partial charge in [0.05, 0.1) is 12.6 Å². The Morgan fingerprint density at radius 1 is 1.30 bits per heavy atom. The third-order valence-electron chi connectivity index (χ3n) is 4.48. The van der Waals surface area contributed by atoms with Crippen molar-refractivity contribution in [2.45, 2.75) is 32.2 Å². The Labute approximate surface area is 119 Å². The van der Waals surface area contributed by atoms with Crippen molar-refractivity contribution in [3.63, 3.8) is 0 Å². The zero-order chi connectivity index (χ0) is 14.5. The molecule has 1 aromatic rings. The molecular weight excluding hydrogens is 252 g/mol. The molecule has 0 aromatic heterocycles. The number of hydrogen-bond acceptors (Lipinski definition) is 2. The average molecular weight is 272 g/mol. The zero-order valence-corrected chi connectivity index (χ0v) is 12.2. The van der Waals surface area contributed by atoms with Crippen LogP contribution < -0.4 is 0 Å². The highest BCUT2D eigenvalue weighted by Crippen LogP contribution is 2.41. The largest absolute Gasteiger partial charge is 0.331 e. The molecule has 1 atom stereocenters. The van der Waals surface area contributed by atoms with Crippen LogP contribution in [-0.4, -0.2) is 41.2 Å². The second-order valence-corrected chi connectivity index (χ2v) is 6.41. The Balaban J connectivity index is 2.06. The molecule has 4 heteroatoms. The lowest BCUT2D eigenvalue weighted by atomic mass is 9.75. The number of nitrogens with zero attached hydrogens (tertiary/aromatic N) is 2. The first kappa shape index (κ1) is 13.2. The van der Waals surface area contributed by atoms with Gasteiger partial charge < -0.3 is 9.80 Å². The first-order valence-electron chi connectivity index (χ1n) is 7.04. The molecule has 106 valence electrons. The van der Waals surface area contributed by atoms with Gasteiger partial charge in [0.2, 0.25) is 11.8 Å². The lowest BCUT2D eigenvalue weighted by Gasteiger charge is -2.49. The minimum absolute atomic E-state index is 0.00405. The van der Waals surface area contributed by atoms with Crippen molar-refractivity contribution in [1.82, 2.24) is 9.80 Å². The maximum atomic E-state index is 12.4. The monoisotopic (exact) mass is 272 g/mol. The fourth-order valence-electron chi connectivity index (χ4n) is 3.42. The molecule has 20 heavy (non-hydrogen) atoms. The second-order valence-electron chi connectivity index (χ2n) is 6.41. The summed E-state index contributed by atoms with van der Waals surface area (Å²) in [6.45, 7) is 7.42. The summed E-state index contributed by atoms with van der Waals surface area (Å²) in [6, 6.07) is 8.29. The molecule has 2 aliphatic rings. The van der Waals surface area contributed by atoms with E-state index in [2.05, 4.69) is 26.0 Å². The topological polar surface area (TPSA) is 40.6 Å². The summed E-state index contributed by atoms with van der Waals surface area (Å²) >= 11 is 0. The molecule has 1 unspecified atom stereocenters. The van der Waals surface area contributed by atoms with E-state index in [1.165, 1.54) is 18.1 Å². The molecule has 0 bridgehead atoms. The zero-order valence-electron chi connectivity index (χ0n) is 12.2. The molecule has 0 radical (unpaired) electrons. The first-order valence-corrected chi connectivity index (χ1v) is 7.04. The number of carbonyl (C=O) groups excluding carboxylic acids is 2. The third kappa shape index (κ3) is 1.90. The number of hydrogen-bond donors (Lipinski definition) is 0. The standard InChI is InChI=1S/C16H20N2O2/c1-11(19)17-8-14-12-6-4-5-7-13(12)16(2,3)10-18(14)15(20)9-17/h4-7,14H,8-10H2,1-3H3. The maximum Gasteiger partial charge on any atom is 0.242 e. The van der Waals surface area contributed by atoms with Gasteiger partial charge in [-0.25, -0.2) is 0 Å². The van der Waals surface area contributed by atoms with Crippen molar-refractivity contribution in [2.75, 3.05) is 19.6 Å². The summed E-state index contributed by atoms with van der Waals surface area (Å²) in [5, 5.41) is 0. The van der Waals surface area contributed by atoms with Gasteiger partial charge in [-0.3, -0.25) is 9.59 Å². The predicted octanol–water partition coefficient (Wildman–Crippen LogP) is 1.71. The van der Waals surface area contributed by atoms with Crippen LogP contribution in [0.4, 0.5) is 0 Å². The van der Waals surface area contributed by atoms with Crippen molar-refractivity contribution >= 4 is 11.8 Å². The van der Waals surface area contributed by atoms with Crippen LogP contribution in [-0.2, 0) is 15.0 Å². The van der Waals surface area contributed by atoms with E-state index in [-0.39, 0.29) is 29.8 Å². The number of fused-ring (bicyclic) bond motifs is 3. The molecule has 2 aliphatic heterocycles. The number of amides is 2. The van der Waals surface area contributed by atoms with E-state index in [4.69, 9.17) is 0 Å². The predicted molar refractivity (Wildman–Crippen MR) is 76.2 cm³/mol. The molecule has 4 nitrogen and oxygen atoms in total. The molecule has 0 spiro atoms. The van der Waals surface area contributed by atoms with Gasteiger partial charge in [0.1, 0.15) is 0 Å². The molecule has 0 aliphatic carbocycles. The second kappa shape index (κ2) is 4.33. The van der Waals surface area contributed by atoms with Crippen LogP contribution in [0.3, 0.4) is 0 Å². The number of piperazine rings is 1. The van der Waals surface area contributed by atoms with Crippen LogP contribution in [0, 0.1) is 0 Å². The lowest BCUT2D eigenvalue weighted by Crippen LogP contribution is -2.58. The van der Waals surface area contributed by atoms with Crippen molar-refractivity contribution in [2.24, 2.45) is 0 Å². The van der Waals surface area contributed by atoms with Gasteiger partial charge in [-0.05, 0) is 11.1 Å². The van der Waals surface area contributed by atoms with E-state index < -0.39 is 0 Å². The van der Waals surface area contributed by atoms with Gasteiger partial charge in [0, 0.05) is 25.4 Å². The normalized spacial score (nSPS) is 24.1. The highest BCUT2D eigenvalue weighted by Gasteiger charge is 2.43. The van der Waals surface area contributed by atoms with Crippen LogP contribution in [0.25, 0.3) is 0 Å². The van der Waals surface area contributed by atoms with E-state index in [9.17, 15) is 9.59 Å². The van der Waals surface area contributed by atoms with Gasteiger partial charge >= 0.3 is 0 Å². The Morgan fingerprint density at radius 3 is 2.70 bits per heavy atom. The summed E-state index contributed by atoms with van der Waals surface area (Å²) < 4.78 is 0. The Bertz CT molecular complexity index is 580. The van der Waals surface area contributed by atoms with Crippen LogP contribution >= 0.6 is 0 Å². The van der Waals surface area contributed by atoms with Crippen molar-refractivity contribution < 1.29 is 9.59 Å². The summed E-state index contributed by atoms with van der Waals surface area (Å²) in [7, 11) is 0. The first-order chi connectivity index (χ1) is 9.40. The van der Waals surface area contributed by atoms with Crippen LogP contribution in [0.15, 0.2) is 24.3 Å². The van der Waals surface area contributed by atoms with E-state index in [1.54, 1.807) is 4.90 Å². The summed E-state index contributed by atoms with van der Waals surface area (Å²) in [5.74, 6) is 0.0272. The van der Waals surface area contributed by atoms with Crippen LogP contribution in [0.2, 0.25) is 0 Å². The Hall–Kier alpha value is -1.84. The Morgan fingerprint density at radius 2 is 2.00 bits per heavy atom. The molecular formula is C16H20N2O2. The Kier molecular flexibility index (Phi) is 2.85. The van der Waals surface area contributed by atoms with Gasteiger partial charge in [-0.15, -0.1) is 0 Å². The lowest BCUT2D eigenvalue weighted by molar-refractivity contribution is -0.149. The number of rotatable bonds is 0. The molecule has 3 rings (SSSR count). The quantitative estimate of drug-likeness (QED) is 0.721. The van der Waals surface area contributed by atoms with Gasteiger partial charge in [-0.1, -0.05) is 38.1 Å². The maximum absolute atomic E-state index is 12.4. The molecule has 2 amide bonds. The minimum atomic E-state index is -0.0405. The smallest absolute Gasteiger partial charge is 0.242 e. The van der Waals surface area contributed by atoms with Crippen molar-refractivity contribution in [3.8, 4) is 0 Å². The molecule has 0 saturated carbocycles. The van der Waals surface area contributed by atoms with E-state index in [0.717, 1.165) is 6.54 Å². The fraction of sp³-hybridized carbons (Fsp3) is 0.500. The SMILES string of the molecule is CC(=O)N1CC(=O)N2CC(C)(C)c3ccccc3C2C1. The minimum Gasteiger partial charge on any atom is -0.331 e. The van der Waals surface area contributed by atoms with E-state index in [1.807, 2.05) is 17.0 Å².